The van der Waals surface area contributed by atoms with Crippen molar-refractivity contribution in [3.8, 4) is 0 Å². The van der Waals surface area contributed by atoms with Crippen LogP contribution in [0.25, 0.3) is 0 Å². The Morgan fingerprint density at radius 3 is 2.52 bits per heavy atom. The minimum absolute atomic E-state index is 0.452. The normalized spacial score (nSPS) is 25.8. The first-order valence-corrected chi connectivity index (χ1v) is 7.86. The van der Waals surface area contributed by atoms with E-state index in [0.29, 0.717) is 29.8 Å². The zero-order valence-electron chi connectivity index (χ0n) is 14.1. The molecule has 0 aliphatic carbocycles. The number of hydrogen-bond acceptors (Lipinski definition) is 6. The van der Waals surface area contributed by atoms with Crippen molar-refractivity contribution < 1.29 is 0 Å². The molecule has 1 aliphatic heterocycles. The van der Waals surface area contributed by atoms with Crippen molar-refractivity contribution in [3.05, 3.63) is 0 Å². The molecule has 1 N–H and O–H groups in total. The fraction of sp³-hybridized carbons (Fsp3) is 0.800. The Balaban J connectivity index is 2.36. The second-order valence-electron chi connectivity index (χ2n) is 6.39. The molecule has 1 saturated heterocycles. The summed E-state index contributed by atoms with van der Waals surface area (Å²) in [6, 6.07) is 0.452. The molecule has 6 nitrogen and oxygen atoms in total. The fourth-order valence-electron chi connectivity index (χ4n) is 2.90. The van der Waals surface area contributed by atoms with Gasteiger partial charge in [0.1, 0.15) is 0 Å². The van der Waals surface area contributed by atoms with Crippen molar-refractivity contribution in [1.82, 2.24) is 15.0 Å². The van der Waals surface area contributed by atoms with Crippen LogP contribution in [0, 0.1) is 11.8 Å². The lowest BCUT2D eigenvalue weighted by atomic mass is 9.86. The number of piperidine rings is 1. The molecule has 21 heavy (non-hydrogen) atoms. The Labute approximate surface area is 128 Å². The highest BCUT2D eigenvalue weighted by molar-refractivity contribution is 5.45. The van der Waals surface area contributed by atoms with Gasteiger partial charge in [-0.05, 0) is 32.1 Å². The fourth-order valence-corrected chi connectivity index (χ4v) is 2.90. The Kier molecular flexibility index (Phi) is 4.85. The topological polar surface area (TPSA) is 57.2 Å². The van der Waals surface area contributed by atoms with Gasteiger partial charge in [0.05, 0.1) is 0 Å². The first kappa shape index (κ1) is 15.8. The van der Waals surface area contributed by atoms with Gasteiger partial charge in [-0.15, -0.1) is 0 Å². The summed E-state index contributed by atoms with van der Waals surface area (Å²) in [6.45, 7) is 10.7. The van der Waals surface area contributed by atoms with Crippen LogP contribution in [0.3, 0.4) is 0 Å². The first-order chi connectivity index (χ1) is 9.92. The molecule has 0 aromatic carbocycles. The van der Waals surface area contributed by atoms with Gasteiger partial charge in [-0.25, -0.2) is 0 Å². The van der Waals surface area contributed by atoms with Crippen LogP contribution in [0.2, 0.25) is 0 Å². The maximum Gasteiger partial charge on any atom is 0.232 e. The summed E-state index contributed by atoms with van der Waals surface area (Å²) in [5.41, 5.74) is 0. The van der Waals surface area contributed by atoms with Gasteiger partial charge >= 0.3 is 0 Å². The summed E-state index contributed by atoms with van der Waals surface area (Å²) in [4.78, 5) is 18.0. The van der Waals surface area contributed by atoms with E-state index in [0.717, 1.165) is 19.0 Å². The van der Waals surface area contributed by atoms with Gasteiger partial charge in [-0.1, -0.05) is 13.8 Å². The van der Waals surface area contributed by atoms with Crippen LogP contribution in [0.15, 0.2) is 0 Å². The third-order valence-corrected chi connectivity index (χ3v) is 4.20. The van der Waals surface area contributed by atoms with Crippen LogP contribution in [0.4, 0.5) is 17.8 Å². The molecule has 118 valence electrons. The molecule has 1 fully saturated rings. The molecule has 1 aromatic rings. The zero-order valence-corrected chi connectivity index (χ0v) is 14.1. The minimum atomic E-state index is 0.452. The van der Waals surface area contributed by atoms with Crippen molar-refractivity contribution in [2.24, 2.45) is 11.8 Å². The standard InChI is InChI=1S/C15H28N6/c1-7-16-13-17-14(20(5)6)19-15(18-13)21-9-10(2)8-11(3)12(21)4/h10-12H,7-9H2,1-6H3,(H,16,17,18,19). The molecule has 0 amide bonds. The van der Waals surface area contributed by atoms with Crippen molar-refractivity contribution >= 4 is 17.8 Å². The summed E-state index contributed by atoms with van der Waals surface area (Å²) in [5.74, 6) is 3.46. The van der Waals surface area contributed by atoms with Crippen LogP contribution in [-0.2, 0) is 0 Å². The lowest BCUT2D eigenvalue weighted by Gasteiger charge is -2.41. The maximum atomic E-state index is 4.65. The molecule has 0 saturated carbocycles. The number of nitrogens with one attached hydrogen (secondary N) is 1. The van der Waals surface area contributed by atoms with E-state index in [1.807, 2.05) is 25.9 Å². The van der Waals surface area contributed by atoms with E-state index in [9.17, 15) is 0 Å². The highest BCUT2D eigenvalue weighted by Gasteiger charge is 2.31. The predicted molar refractivity (Wildman–Crippen MR) is 88.1 cm³/mol. The van der Waals surface area contributed by atoms with Gasteiger partial charge < -0.3 is 15.1 Å². The summed E-state index contributed by atoms with van der Waals surface area (Å²) >= 11 is 0. The molecule has 0 bridgehead atoms. The molecule has 3 atom stereocenters. The molecular weight excluding hydrogens is 264 g/mol. The number of anilines is 3. The van der Waals surface area contributed by atoms with Crippen LogP contribution >= 0.6 is 0 Å². The third-order valence-electron chi connectivity index (χ3n) is 4.20. The summed E-state index contributed by atoms with van der Waals surface area (Å²) < 4.78 is 0. The average Bonchev–Trinajstić information content (AvgIpc) is 2.42. The lowest BCUT2D eigenvalue weighted by Crippen LogP contribution is -2.46. The summed E-state index contributed by atoms with van der Waals surface area (Å²) in [6.07, 6.45) is 1.27. The van der Waals surface area contributed by atoms with Gasteiger partial charge in [0.2, 0.25) is 17.8 Å². The molecule has 1 aliphatic rings. The molecule has 2 heterocycles. The number of aromatic nitrogens is 3. The highest BCUT2D eigenvalue weighted by atomic mass is 15.4. The van der Waals surface area contributed by atoms with Crippen molar-refractivity contribution in [3.63, 3.8) is 0 Å². The Hall–Kier alpha value is -1.59. The van der Waals surface area contributed by atoms with E-state index >= 15 is 0 Å². The monoisotopic (exact) mass is 292 g/mol. The molecule has 6 heteroatoms. The van der Waals surface area contributed by atoms with Crippen LogP contribution in [0.1, 0.15) is 34.1 Å². The molecule has 0 spiro atoms. The van der Waals surface area contributed by atoms with Crippen molar-refractivity contribution in [2.45, 2.75) is 40.2 Å². The van der Waals surface area contributed by atoms with Crippen molar-refractivity contribution in [1.29, 1.82) is 0 Å². The van der Waals surface area contributed by atoms with E-state index in [4.69, 9.17) is 0 Å². The van der Waals surface area contributed by atoms with Gasteiger partial charge in [0, 0.05) is 33.2 Å². The molecular formula is C15H28N6. The molecule has 1 aromatic heterocycles. The van der Waals surface area contributed by atoms with Gasteiger partial charge in [-0.3, -0.25) is 0 Å². The number of hydrogen-bond donors (Lipinski definition) is 1. The second kappa shape index (κ2) is 6.45. The second-order valence-corrected chi connectivity index (χ2v) is 6.39. The van der Waals surface area contributed by atoms with E-state index in [2.05, 4.69) is 45.9 Å². The van der Waals surface area contributed by atoms with Gasteiger partial charge in [0.25, 0.3) is 0 Å². The molecule has 0 radical (unpaired) electrons. The first-order valence-electron chi connectivity index (χ1n) is 7.86. The Morgan fingerprint density at radius 1 is 1.19 bits per heavy atom. The average molecular weight is 292 g/mol. The molecule has 2 rings (SSSR count). The van der Waals surface area contributed by atoms with E-state index < -0.39 is 0 Å². The van der Waals surface area contributed by atoms with Crippen LogP contribution < -0.4 is 15.1 Å². The minimum Gasteiger partial charge on any atom is -0.354 e. The Bertz CT molecular complexity index is 475. The van der Waals surface area contributed by atoms with Crippen LogP contribution in [-0.4, -0.2) is 48.2 Å². The van der Waals surface area contributed by atoms with Gasteiger partial charge in [-0.2, -0.15) is 15.0 Å². The third kappa shape index (κ3) is 3.54. The quantitative estimate of drug-likeness (QED) is 0.918. The number of rotatable bonds is 4. The lowest BCUT2D eigenvalue weighted by molar-refractivity contribution is 0.294. The SMILES string of the molecule is CCNc1nc(N(C)C)nc(N2CC(C)CC(C)C2C)n1. The zero-order chi connectivity index (χ0) is 15.6. The van der Waals surface area contributed by atoms with Crippen molar-refractivity contribution in [2.75, 3.05) is 42.3 Å². The van der Waals surface area contributed by atoms with Gasteiger partial charge in [0.15, 0.2) is 0 Å². The van der Waals surface area contributed by atoms with E-state index in [1.165, 1.54) is 6.42 Å². The van der Waals surface area contributed by atoms with E-state index in [1.54, 1.807) is 0 Å². The predicted octanol–water partition coefficient (Wildman–Crippen LogP) is 2.24. The smallest absolute Gasteiger partial charge is 0.232 e. The largest absolute Gasteiger partial charge is 0.354 e. The maximum absolute atomic E-state index is 4.65. The highest BCUT2D eigenvalue weighted by Crippen LogP contribution is 2.30. The Morgan fingerprint density at radius 2 is 1.90 bits per heavy atom. The van der Waals surface area contributed by atoms with E-state index in [-0.39, 0.29) is 0 Å². The van der Waals surface area contributed by atoms with Crippen LogP contribution in [0.5, 0.6) is 0 Å². The molecule has 3 unspecified atom stereocenters. The summed E-state index contributed by atoms with van der Waals surface area (Å²) in [7, 11) is 3.92. The number of nitrogens with zero attached hydrogens (tertiary/aromatic N) is 5. The summed E-state index contributed by atoms with van der Waals surface area (Å²) in [5, 5.41) is 3.20.